The summed E-state index contributed by atoms with van der Waals surface area (Å²) in [5.74, 6) is 0. The summed E-state index contributed by atoms with van der Waals surface area (Å²) >= 11 is 0. The molecule has 1 aliphatic carbocycles. The van der Waals surface area contributed by atoms with E-state index in [4.69, 9.17) is 4.74 Å². The van der Waals surface area contributed by atoms with E-state index in [0.717, 1.165) is 43.7 Å². The maximum absolute atomic E-state index is 11.9. The summed E-state index contributed by atoms with van der Waals surface area (Å²) in [5.41, 5.74) is 2.03. The zero-order chi connectivity index (χ0) is 13.5. The second-order valence-electron chi connectivity index (χ2n) is 5.45. The molecule has 1 aromatic carbocycles. The molecule has 0 bridgehead atoms. The van der Waals surface area contributed by atoms with Gasteiger partial charge in [-0.15, -0.1) is 0 Å². The minimum Gasteiger partial charge on any atom is -0.371 e. The number of nitrogens with one attached hydrogen (secondary N) is 1. The molecule has 0 radical (unpaired) electrons. The van der Waals surface area contributed by atoms with Gasteiger partial charge in [-0.2, -0.15) is 0 Å². The molecule has 1 saturated carbocycles. The van der Waals surface area contributed by atoms with Crippen LogP contribution in [0.5, 0.6) is 0 Å². The van der Waals surface area contributed by atoms with Gasteiger partial charge in [-0.3, -0.25) is 0 Å². The van der Waals surface area contributed by atoms with Crippen LogP contribution < -0.4 is 5.32 Å². The molecule has 0 aromatic heterocycles. The van der Waals surface area contributed by atoms with Gasteiger partial charge in [0.15, 0.2) is 9.84 Å². The Balaban J connectivity index is 1.83. The van der Waals surface area contributed by atoms with E-state index in [1.54, 1.807) is 0 Å². The van der Waals surface area contributed by atoms with Gasteiger partial charge in [0, 0.05) is 19.3 Å². The molecule has 104 valence electrons. The fraction of sp³-hybridized carbons (Fsp3) is 0.571. The first kappa shape index (κ1) is 13.1. The van der Waals surface area contributed by atoms with Gasteiger partial charge in [0.05, 0.1) is 17.5 Å². The SMILES string of the molecule is CS(=O)(=O)C1(c2ccc(C3CNCCO3)cc2)CC1. The smallest absolute Gasteiger partial charge is 0.157 e. The standard InChI is InChI=1S/C14H19NO3S/c1-19(16,17)14(6-7-14)12-4-2-11(3-5-12)13-10-15-8-9-18-13/h2-5,13,15H,6-10H2,1H3. The van der Waals surface area contributed by atoms with Gasteiger partial charge in [0.25, 0.3) is 0 Å². The fourth-order valence-electron chi connectivity index (χ4n) is 2.77. The van der Waals surface area contributed by atoms with Crippen LogP contribution in [0.15, 0.2) is 24.3 Å². The first-order valence-electron chi connectivity index (χ1n) is 6.65. The maximum Gasteiger partial charge on any atom is 0.157 e. The van der Waals surface area contributed by atoms with Crippen molar-refractivity contribution >= 4 is 9.84 Å². The van der Waals surface area contributed by atoms with Crippen LogP contribution in [0.4, 0.5) is 0 Å². The molecule has 2 fully saturated rings. The maximum atomic E-state index is 11.9. The molecule has 1 atom stereocenters. The summed E-state index contributed by atoms with van der Waals surface area (Å²) in [6.45, 7) is 2.43. The Morgan fingerprint density at radius 1 is 1.26 bits per heavy atom. The van der Waals surface area contributed by atoms with Crippen molar-refractivity contribution in [3.05, 3.63) is 35.4 Å². The van der Waals surface area contributed by atoms with Gasteiger partial charge in [0.1, 0.15) is 0 Å². The molecule has 3 rings (SSSR count). The second kappa shape index (κ2) is 4.58. The van der Waals surface area contributed by atoms with Crippen molar-refractivity contribution in [3.63, 3.8) is 0 Å². The molecule has 0 amide bonds. The lowest BCUT2D eigenvalue weighted by Crippen LogP contribution is -2.33. The summed E-state index contributed by atoms with van der Waals surface area (Å²) < 4.78 is 28.8. The van der Waals surface area contributed by atoms with Gasteiger partial charge in [-0.05, 0) is 24.0 Å². The summed E-state index contributed by atoms with van der Waals surface area (Å²) in [6, 6.07) is 7.89. The van der Waals surface area contributed by atoms with E-state index in [2.05, 4.69) is 5.32 Å². The molecule has 1 aromatic rings. The topological polar surface area (TPSA) is 55.4 Å². The number of ether oxygens (including phenoxy) is 1. The van der Waals surface area contributed by atoms with Gasteiger partial charge in [0.2, 0.25) is 0 Å². The number of sulfone groups is 1. The predicted octanol–water partition coefficient (Wildman–Crippen LogP) is 1.38. The number of morpholine rings is 1. The molecule has 0 spiro atoms. The zero-order valence-electron chi connectivity index (χ0n) is 11.1. The quantitative estimate of drug-likeness (QED) is 0.909. The lowest BCUT2D eigenvalue weighted by molar-refractivity contribution is 0.0277. The van der Waals surface area contributed by atoms with Crippen LogP contribution in [0.25, 0.3) is 0 Å². The highest BCUT2D eigenvalue weighted by Crippen LogP contribution is 2.52. The second-order valence-corrected chi connectivity index (χ2v) is 7.78. The number of rotatable bonds is 3. The Morgan fingerprint density at radius 3 is 2.42 bits per heavy atom. The molecular weight excluding hydrogens is 262 g/mol. The summed E-state index contributed by atoms with van der Waals surface area (Å²) in [6.07, 6.45) is 2.90. The monoisotopic (exact) mass is 281 g/mol. The molecule has 1 aliphatic heterocycles. The van der Waals surface area contributed by atoms with Crippen molar-refractivity contribution in [2.24, 2.45) is 0 Å². The van der Waals surface area contributed by atoms with Crippen LogP contribution in [0.2, 0.25) is 0 Å². The van der Waals surface area contributed by atoms with Crippen molar-refractivity contribution in [1.29, 1.82) is 0 Å². The Morgan fingerprint density at radius 2 is 1.95 bits per heavy atom. The van der Waals surface area contributed by atoms with Crippen molar-refractivity contribution < 1.29 is 13.2 Å². The van der Waals surface area contributed by atoms with E-state index >= 15 is 0 Å². The Hall–Kier alpha value is -0.910. The van der Waals surface area contributed by atoms with E-state index in [-0.39, 0.29) is 6.10 Å². The van der Waals surface area contributed by atoms with Crippen LogP contribution >= 0.6 is 0 Å². The fourth-order valence-corrected chi connectivity index (χ4v) is 4.18. The van der Waals surface area contributed by atoms with Gasteiger partial charge < -0.3 is 10.1 Å². The Labute approximate surface area is 114 Å². The highest BCUT2D eigenvalue weighted by molar-refractivity contribution is 7.92. The average molecular weight is 281 g/mol. The number of benzene rings is 1. The van der Waals surface area contributed by atoms with E-state index in [9.17, 15) is 8.42 Å². The van der Waals surface area contributed by atoms with Crippen LogP contribution in [-0.4, -0.2) is 34.4 Å². The van der Waals surface area contributed by atoms with Crippen molar-refractivity contribution in [2.75, 3.05) is 26.0 Å². The molecule has 1 saturated heterocycles. The normalized spacial score (nSPS) is 26.1. The zero-order valence-corrected chi connectivity index (χ0v) is 11.9. The van der Waals surface area contributed by atoms with Crippen molar-refractivity contribution in [1.82, 2.24) is 5.32 Å². The molecule has 5 heteroatoms. The van der Waals surface area contributed by atoms with E-state index in [0.29, 0.717) is 0 Å². The lowest BCUT2D eigenvalue weighted by Gasteiger charge is -2.24. The molecular formula is C14H19NO3S. The Bertz CT molecular complexity index is 555. The van der Waals surface area contributed by atoms with Crippen molar-refractivity contribution in [3.8, 4) is 0 Å². The minimum atomic E-state index is -3.03. The predicted molar refractivity (Wildman–Crippen MR) is 73.8 cm³/mol. The molecule has 1 heterocycles. The summed E-state index contributed by atoms with van der Waals surface area (Å²) in [7, 11) is -3.03. The van der Waals surface area contributed by atoms with E-state index in [1.807, 2.05) is 24.3 Å². The lowest BCUT2D eigenvalue weighted by atomic mass is 10.0. The summed E-state index contributed by atoms with van der Waals surface area (Å²) in [4.78, 5) is 0. The highest BCUT2D eigenvalue weighted by Gasteiger charge is 2.53. The Kier molecular flexibility index (Phi) is 3.15. The number of hydrogen-bond donors (Lipinski definition) is 1. The highest BCUT2D eigenvalue weighted by atomic mass is 32.2. The molecule has 2 aliphatic rings. The molecule has 19 heavy (non-hydrogen) atoms. The van der Waals surface area contributed by atoms with Crippen LogP contribution in [-0.2, 0) is 19.3 Å². The van der Waals surface area contributed by atoms with E-state index < -0.39 is 14.6 Å². The van der Waals surface area contributed by atoms with Gasteiger partial charge in [-0.1, -0.05) is 24.3 Å². The molecule has 1 unspecified atom stereocenters. The minimum absolute atomic E-state index is 0.0798. The third kappa shape index (κ3) is 2.30. The third-order valence-electron chi connectivity index (χ3n) is 4.15. The summed E-state index contributed by atoms with van der Waals surface area (Å²) in [5, 5.41) is 3.29. The average Bonchev–Trinajstić information content (AvgIpc) is 3.21. The number of hydrogen-bond acceptors (Lipinski definition) is 4. The first-order chi connectivity index (χ1) is 9.03. The largest absolute Gasteiger partial charge is 0.371 e. The molecule has 4 nitrogen and oxygen atoms in total. The van der Waals surface area contributed by atoms with Crippen LogP contribution in [0.3, 0.4) is 0 Å². The van der Waals surface area contributed by atoms with Gasteiger partial charge in [-0.25, -0.2) is 8.42 Å². The first-order valence-corrected chi connectivity index (χ1v) is 8.54. The van der Waals surface area contributed by atoms with Crippen LogP contribution in [0.1, 0.15) is 30.1 Å². The third-order valence-corrected chi connectivity index (χ3v) is 6.21. The van der Waals surface area contributed by atoms with E-state index in [1.165, 1.54) is 6.26 Å². The van der Waals surface area contributed by atoms with Crippen LogP contribution in [0, 0.1) is 0 Å². The molecule has 1 N–H and O–H groups in total. The van der Waals surface area contributed by atoms with Crippen molar-refractivity contribution in [2.45, 2.75) is 23.7 Å². The van der Waals surface area contributed by atoms with Gasteiger partial charge >= 0.3 is 0 Å².